The largest absolute Gasteiger partial charge is 0.465 e. The predicted octanol–water partition coefficient (Wildman–Crippen LogP) is 2.79. The lowest BCUT2D eigenvalue weighted by Gasteiger charge is -2.20. The molecule has 0 saturated carbocycles. The van der Waals surface area contributed by atoms with E-state index in [9.17, 15) is 9.59 Å². The number of Topliss-reactive ketones (excluding diaryl/α,β-unsaturated/α-hetero) is 1. The lowest BCUT2D eigenvalue weighted by Crippen LogP contribution is -2.37. The Morgan fingerprint density at radius 2 is 1.81 bits per heavy atom. The van der Waals surface area contributed by atoms with E-state index in [1.807, 2.05) is 18.2 Å². The number of rotatable bonds is 9. The number of ketones is 1. The molecule has 0 amide bonds. The fourth-order valence-corrected chi connectivity index (χ4v) is 1.79. The molecule has 1 aromatic carbocycles. The van der Waals surface area contributed by atoms with Gasteiger partial charge in [-0.15, -0.1) is 0 Å². The Balaban J connectivity index is 2.25. The van der Waals surface area contributed by atoms with Crippen molar-refractivity contribution in [3.05, 3.63) is 35.9 Å². The first kappa shape index (κ1) is 17.4. The zero-order chi connectivity index (χ0) is 15.7. The molecule has 0 saturated heterocycles. The van der Waals surface area contributed by atoms with Crippen molar-refractivity contribution in [2.75, 3.05) is 19.8 Å². The summed E-state index contributed by atoms with van der Waals surface area (Å²) in [5.41, 5.74) is 0.106. The number of esters is 1. The van der Waals surface area contributed by atoms with Crippen molar-refractivity contribution < 1.29 is 19.1 Å². The Morgan fingerprint density at radius 3 is 2.43 bits per heavy atom. The van der Waals surface area contributed by atoms with Crippen molar-refractivity contribution in [2.45, 2.75) is 33.6 Å². The van der Waals surface area contributed by atoms with E-state index in [0.717, 1.165) is 12.8 Å². The van der Waals surface area contributed by atoms with Gasteiger partial charge in [0.05, 0.1) is 6.61 Å². The number of ether oxygens (including phenoxy) is 2. The van der Waals surface area contributed by atoms with E-state index < -0.39 is 11.4 Å². The highest BCUT2D eigenvalue weighted by Gasteiger charge is 2.37. The monoisotopic (exact) mass is 292 g/mol. The van der Waals surface area contributed by atoms with Crippen LogP contribution in [-0.2, 0) is 25.5 Å². The highest BCUT2D eigenvalue weighted by Crippen LogP contribution is 2.19. The van der Waals surface area contributed by atoms with Crippen LogP contribution in [0.25, 0.3) is 0 Å². The van der Waals surface area contributed by atoms with Crippen molar-refractivity contribution in [2.24, 2.45) is 5.41 Å². The number of hydrogen-bond acceptors (Lipinski definition) is 4. The van der Waals surface area contributed by atoms with Crippen LogP contribution in [0.1, 0.15) is 32.8 Å². The smallest absolute Gasteiger partial charge is 0.319 e. The summed E-state index contributed by atoms with van der Waals surface area (Å²) in [7, 11) is 0. The average Bonchev–Trinajstić information content (AvgIpc) is 2.48. The maximum Gasteiger partial charge on any atom is 0.319 e. The lowest BCUT2D eigenvalue weighted by atomic mass is 9.88. The SMILES string of the molecule is CCOC(=O)C(C)(C)C(=O)COCCCc1ccccc1. The summed E-state index contributed by atoms with van der Waals surface area (Å²) in [5.74, 6) is -0.747. The van der Waals surface area contributed by atoms with Gasteiger partial charge in [-0.05, 0) is 39.2 Å². The molecule has 4 heteroatoms. The molecule has 0 aromatic heterocycles. The summed E-state index contributed by atoms with van der Waals surface area (Å²) < 4.78 is 10.3. The van der Waals surface area contributed by atoms with Crippen molar-refractivity contribution in [1.82, 2.24) is 0 Å². The van der Waals surface area contributed by atoms with Crippen molar-refractivity contribution in [3.8, 4) is 0 Å². The van der Waals surface area contributed by atoms with Crippen LogP contribution in [-0.4, -0.2) is 31.6 Å². The van der Waals surface area contributed by atoms with Gasteiger partial charge in [-0.3, -0.25) is 9.59 Å². The topological polar surface area (TPSA) is 52.6 Å². The number of benzene rings is 1. The highest BCUT2D eigenvalue weighted by molar-refractivity contribution is 6.03. The molecule has 0 N–H and O–H groups in total. The van der Waals surface area contributed by atoms with Gasteiger partial charge in [0.1, 0.15) is 12.0 Å². The van der Waals surface area contributed by atoms with Gasteiger partial charge < -0.3 is 9.47 Å². The summed E-state index contributed by atoms with van der Waals surface area (Å²) in [4.78, 5) is 23.7. The van der Waals surface area contributed by atoms with Crippen molar-refractivity contribution in [3.63, 3.8) is 0 Å². The van der Waals surface area contributed by atoms with E-state index in [2.05, 4.69) is 12.1 Å². The van der Waals surface area contributed by atoms with Gasteiger partial charge in [0, 0.05) is 6.61 Å². The van der Waals surface area contributed by atoms with Crippen LogP contribution in [0.15, 0.2) is 30.3 Å². The van der Waals surface area contributed by atoms with E-state index in [4.69, 9.17) is 9.47 Å². The van der Waals surface area contributed by atoms with E-state index in [0.29, 0.717) is 6.61 Å². The number of carbonyl (C=O) groups is 2. The van der Waals surface area contributed by atoms with Crippen LogP contribution in [0.5, 0.6) is 0 Å². The molecule has 0 fully saturated rings. The third-order valence-corrected chi connectivity index (χ3v) is 3.31. The second-order valence-electron chi connectivity index (χ2n) is 5.41. The average molecular weight is 292 g/mol. The Labute approximate surface area is 126 Å². The second-order valence-corrected chi connectivity index (χ2v) is 5.41. The molecule has 1 rings (SSSR count). The van der Waals surface area contributed by atoms with Gasteiger partial charge in [0.2, 0.25) is 0 Å². The van der Waals surface area contributed by atoms with Gasteiger partial charge >= 0.3 is 5.97 Å². The van der Waals surface area contributed by atoms with Crippen LogP contribution < -0.4 is 0 Å². The third kappa shape index (κ3) is 5.68. The Morgan fingerprint density at radius 1 is 1.14 bits per heavy atom. The summed E-state index contributed by atoms with van der Waals surface area (Å²) in [6, 6.07) is 10.1. The maximum atomic E-state index is 12.0. The fourth-order valence-electron chi connectivity index (χ4n) is 1.79. The van der Waals surface area contributed by atoms with Crippen molar-refractivity contribution in [1.29, 1.82) is 0 Å². The summed E-state index contributed by atoms with van der Waals surface area (Å²) in [6.07, 6.45) is 1.76. The normalized spacial score (nSPS) is 11.2. The minimum Gasteiger partial charge on any atom is -0.465 e. The van der Waals surface area contributed by atoms with E-state index >= 15 is 0 Å². The van der Waals surface area contributed by atoms with Crippen molar-refractivity contribution >= 4 is 11.8 Å². The number of aryl methyl sites for hydroxylation is 1. The molecule has 0 unspecified atom stereocenters. The molecule has 4 nitrogen and oxygen atoms in total. The van der Waals surface area contributed by atoms with Crippen LogP contribution >= 0.6 is 0 Å². The first-order chi connectivity index (χ1) is 9.98. The van der Waals surface area contributed by atoms with E-state index in [1.165, 1.54) is 5.56 Å². The predicted molar refractivity (Wildman–Crippen MR) is 81.0 cm³/mol. The molecule has 0 aliphatic rings. The summed E-state index contributed by atoms with van der Waals surface area (Å²) in [6.45, 7) is 5.58. The van der Waals surface area contributed by atoms with Crippen LogP contribution in [0.3, 0.4) is 0 Å². The first-order valence-electron chi connectivity index (χ1n) is 7.30. The Hall–Kier alpha value is -1.68. The molecular formula is C17H24O4. The molecule has 0 aliphatic carbocycles. The molecule has 0 radical (unpaired) electrons. The minimum absolute atomic E-state index is 0.0550. The number of carbonyl (C=O) groups excluding carboxylic acids is 2. The Kier molecular flexibility index (Phi) is 7.09. The second kappa shape index (κ2) is 8.57. The number of hydrogen-bond donors (Lipinski definition) is 0. The van der Waals surface area contributed by atoms with Crippen LogP contribution in [0.4, 0.5) is 0 Å². The molecule has 0 bridgehead atoms. The molecule has 116 valence electrons. The molecule has 0 heterocycles. The molecule has 21 heavy (non-hydrogen) atoms. The van der Waals surface area contributed by atoms with Gasteiger partial charge in [0.25, 0.3) is 0 Å². The van der Waals surface area contributed by atoms with Crippen LogP contribution in [0.2, 0.25) is 0 Å². The van der Waals surface area contributed by atoms with Gasteiger partial charge in [-0.25, -0.2) is 0 Å². The van der Waals surface area contributed by atoms with Gasteiger partial charge in [0.15, 0.2) is 5.78 Å². The highest BCUT2D eigenvalue weighted by atomic mass is 16.5. The molecule has 0 spiro atoms. The van der Waals surface area contributed by atoms with E-state index in [1.54, 1.807) is 20.8 Å². The lowest BCUT2D eigenvalue weighted by molar-refractivity contribution is -0.159. The minimum atomic E-state index is -1.14. The van der Waals surface area contributed by atoms with Crippen LogP contribution in [0, 0.1) is 5.41 Å². The Bertz CT molecular complexity index is 451. The summed E-state index contributed by atoms with van der Waals surface area (Å²) >= 11 is 0. The molecule has 0 atom stereocenters. The fraction of sp³-hybridized carbons (Fsp3) is 0.529. The molecule has 1 aromatic rings. The zero-order valence-electron chi connectivity index (χ0n) is 13.1. The zero-order valence-corrected chi connectivity index (χ0v) is 13.1. The third-order valence-electron chi connectivity index (χ3n) is 3.31. The maximum absolute atomic E-state index is 12.0. The van der Waals surface area contributed by atoms with E-state index in [-0.39, 0.29) is 19.0 Å². The molecule has 0 aliphatic heterocycles. The summed E-state index contributed by atoms with van der Waals surface area (Å²) in [5, 5.41) is 0. The standard InChI is InChI=1S/C17H24O4/c1-4-21-16(19)17(2,3)15(18)13-20-12-8-11-14-9-6-5-7-10-14/h5-7,9-10H,4,8,11-13H2,1-3H3. The molecular weight excluding hydrogens is 268 g/mol. The quantitative estimate of drug-likeness (QED) is 0.399. The first-order valence-corrected chi connectivity index (χ1v) is 7.30. The van der Waals surface area contributed by atoms with Gasteiger partial charge in [-0.1, -0.05) is 30.3 Å². The van der Waals surface area contributed by atoms with Gasteiger partial charge in [-0.2, -0.15) is 0 Å².